The number of rotatable bonds is 5. The lowest BCUT2D eigenvalue weighted by Crippen LogP contribution is -2.29. The van der Waals surface area contributed by atoms with Crippen molar-refractivity contribution in [3.8, 4) is 11.1 Å². The third-order valence-electron chi connectivity index (χ3n) is 6.68. The molecule has 0 aliphatic heterocycles. The number of fused-ring (bicyclic) bond motifs is 1. The van der Waals surface area contributed by atoms with Crippen molar-refractivity contribution in [2.45, 2.75) is 70.8 Å². The van der Waals surface area contributed by atoms with E-state index in [2.05, 4.69) is 38.8 Å². The Hall–Kier alpha value is -3.48. The van der Waals surface area contributed by atoms with Crippen LogP contribution in [-0.2, 0) is 16.6 Å². The minimum Gasteiger partial charge on any atom is -0.448 e. The molecule has 35 heavy (non-hydrogen) atoms. The monoisotopic (exact) mass is 472 g/mol. The molecule has 2 aromatic heterocycles. The van der Waals surface area contributed by atoms with Crippen LogP contribution in [0.25, 0.3) is 11.1 Å². The lowest BCUT2D eigenvalue weighted by molar-refractivity contribution is -0.117. The van der Waals surface area contributed by atoms with Gasteiger partial charge in [-0.15, -0.1) is 0 Å². The molecule has 0 saturated heterocycles. The lowest BCUT2D eigenvalue weighted by Gasteiger charge is -2.20. The zero-order valence-electron chi connectivity index (χ0n) is 20.6. The highest BCUT2D eigenvalue weighted by molar-refractivity contribution is 5.94. The Morgan fingerprint density at radius 3 is 2.57 bits per heavy atom. The van der Waals surface area contributed by atoms with Crippen molar-refractivity contribution < 1.29 is 14.0 Å². The van der Waals surface area contributed by atoms with Gasteiger partial charge < -0.3 is 15.1 Å². The number of anilines is 1. The molecule has 2 amide bonds. The second kappa shape index (κ2) is 9.29. The van der Waals surface area contributed by atoms with Crippen LogP contribution in [0.5, 0.6) is 0 Å². The van der Waals surface area contributed by atoms with Crippen molar-refractivity contribution in [3.63, 3.8) is 0 Å². The van der Waals surface area contributed by atoms with Crippen LogP contribution in [-0.4, -0.2) is 21.8 Å². The standard InChI is InChI=1S/C28H32N4O3/c1-28(2,3)27-31-23(16-35-27)26(34)30-22-7-5-4-6-20-14-18(10-11-21(20)22)19-12-13-29-24(15-19)32-25(33)17-8-9-17/h10-17,22H,4-9H2,1-3H3,(H,30,34)(H,29,32,33). The summed E-state index contributed by atoms with van der Waals surface area (Å²) in [5.41, 5.74) is 4.53. The van der Waals surface area contributed by atoms with Crippen LogP contribution < -0.4 is 10.6 Å². The number of benzene rings is 1. The van der Waals surface area contributed by atoms with Gasteiger partial charge in [-0.1, -0.05) is 45.4 Å². The summed E-state index contributed by atoms with van der Waals surface area (Å²) in [6.07, 6.45) is 9.05. The molecule has 2 aliphatic carbocycles. The van der Waals surface area contributed by atoms with Crippen LogP contribution >= 0.6 is 0 Å². The normalized spacial score (nSPS) is 17.9. The van der Waals surface area contributed by atoms with Crippen LogP contribution in [0.3, 0.4) is 0 Å². The first-order valence-electron chi connectivity index (χ1n) is 12.4. The smallest absolute Gasteiger partial charge is 0.273 e. The summed E-state index contributed by atoms with van der Waals surface area (Å²) >= 11 is 0. The predicted molar refractivity (Wildman–Crippen MR) is 134 cm³/mol. The molecule has 7 heteroatoms. The molecule has 2 N–H and O–H groups in total. The number of nitrogens with zero attached hydrogens (tertiary/aromatic N) is 2. The Morgan fingerprint density at radius 2 is 1.83 bits per heavy atom. The lowest BCUT2D eigenvalue weighted by atomic mass is 9.94. The molecular formula is C28H32N4O3. The van der Waals surface area contributed by atoms with E-state index < -0.39 is 0 Å². The first-order chi connectivity index (χ1) is 16.8. The third-order valence-corrected chi connectivity index (χ3v) is 6.68. The molecular weight excluding hydrogens is 440 g/mol. The van der Waals surface area contributed by atoms with Gasteiger partial charge in [0.05, 0.1) is 6.04 Å². The molecule has 1 unspecified atom stereocenters. The zero-order chi connectivity index (χ0) is 24.6. The number of carbonyl (C=O) groups excluding carboxylic acids is 2. The molecule has 2 heterocycles. The summed E-state index contributed by atoms with van der Waals surface area (Å²) in [6, 6.07) is 10.2. The fourth-order valence-corrected chi connectivity index (χ4v) is 4.52. The molecule has 5 rings (SSSR count). The molecule has 182 valence electrons. The molecule has 7 nitrogen and oxygen atoms in total. The number of nitrogens with one attached hydrogen (secondary N) is 2. The number of pyridine rings is 1. The topological polar surface area (TPSA) is 97.1 Å². The van der Waals surface area contributed by atoms with Crippen molar-refractivity contribution >= 4 is 17.6 Å². The first kappa shape index (κ1) is 23.3. The van der Waals surface area contributed by atoms with E-state index in [4.69, 9.17) is 4.42 Å². The van der Waals surface area contributed by atoms with Gasteiger partial charge in [0.15, 0.2) is 11.6 Å². The highest BCUT2D eigenvalue weighted by Crippen LogP contribution is 2.34. The third kappa shape index (κ3) is 5.29. The first-order valence-corrected chi connectivity index (χ1v) is 12.4. The molecule has 1 atom stereocenters. The van der Waals surface area contributed by atoms with Gasteiger partial charge in [-0.05, 0) is 66.5 Å². The van der Waals surface area contributed by atoms with Gasteiger partial charge in [0, 0.05) is 17.5 Å². The minimum absolute atomic E-state index is 0.0527. The van der Waals surface area contributed by atoms with Gasteiger partial charge in [-0.2, -0.15) is 0 Å². The van der Waals surface area contributed by atoms with E-state index in [0.717, 1.165) is 55.2 Å². The van der Waals surface area contributed by atoms with Crippen molar-refractivity contribution in [2.24, 2.45) is 5.92 Å². The quantitative estimate of drug-likeness (QED) is 0.473. The number of aryl methyl sites for hydroxylation is 1. The Kier molecular flexibility index (Phi) is 6.17. The predicted octanol–water partition coefficient (Wildman–Crippen LogP) is 5.58. The summed E-state index contributed by atoms with van der Waals surface area (Å²) in [5.74, 6) is 1.12. The number of amides is 2. The maximum atomic E-state index is 13.0. The number of aromatic nitrogens is 2. The second-order valence-electron chi connectivity index (χ2n) is 10.7. The van der Waals surface area contributed by atoms with Crippen molar-refractivity contribution in [1.82, 2.24) is 15.3 Å². The second-order valence-corrected chi connectivity index (χ2v) is 10.7. The summed E-state index contributed by atoms with van der Waals surface area (Å²) in [5, 5.41) is 6.11. The average Bonchev–Trinajstić information content (AvgIpc) is 3.59. The largest absolute Gasteiger partial charge is 0.448 e. The van der Waals surface area contributed by atoms with Gasteiger partial charge in [-0.3, -0.25) is 9.59 Å². The summed E-state index contributed by atoms with van der Waals surface area (Å²) in [7, 11) is 0. The molecule has 2 aliphatic rings. The minimum atomic E-state index is -0.253. The van der Waals surface area contributed by atoms with Gasteiger partial charge in [0.25, 0.3) is 5.91 Å². The van der Waals surface area contributed by atoms with Crippen molar-refractivity contribution in [1.29, 1.82) is 0 Å². The summed E-state index contributed by atoms with van der Waals surface area (Å²) < 4.78 is 5.55. The van der Waals surface area contributed by atoms with Crippen LogP contribution in [0.15, 0.2) is 47.2 Å². The number of hydrogen-bond donors (Lipinski definition) is 2. The van der Waals surface area contributed by atoms with Crippen LogP contribution in [0.4, 0.5) is 5.82 Å². The summed E-state index contributed by atoms with van der Waals surface area (Å²) in [4.78, 5) is 33.8. The Balaban J connectivity index is 1.35. The Labute approximate surface area is 205 Å². The number of oxazole rings is 1. The molecule has 0 spiro atoms. The van der Waals surface area contributed by atoms with E-state index in [1.165, 1.54) is 11.8 Å². The van der Waals surface area contributed by atoms with Crippen LogP contribution in [0.2, 0.25) is 0 Å². The molecule has 0 bridgehead atoms. The molecule has 1 saturated carbocycles. The average molecular weight is 473 g/mol. The highest BCUT2D eigenvalue weighted by atomic mass is 16.3. The van der Waals surface area contributed by atoms with E-state index >= 15 is 0 Å². The molecule has 0 radical (unpaired) electrons. The van der Waals surface area contributed by atoms with Gasteiger partial charge in [-0.25, -0.2) is 9.97 Å². The van der Waals surface area contributed by atoms with Crippen LogP contribution in [0.1, 0.15) is 86.4 Å². The van der Waals surface area contributed by atoms with Gasteiger partial charge >= 0.3 is 0 Å². The van der Waals surface area contributed by atoms with Gasteiger partial charge in [0.1, 0.15) is 12.1 Å². The Bertz CT molecular complexity index is 1250. The molecule has 1 aromatic carbocycles. The van der Waals surface area contributed by atoms with E-state index in [0.29, 0.717) is 17.4 Å². The SMILES string of the molecule is CC(C)(C)c1nc(C(=O)NC2CCCCc3cc(-c4ccnc(NC(=O)C5CC5)c4)ccc32)co1. The number of hydrogen-bond acceptors (Lipinski definition) is 5. The molecule has 1 fully saturated rings. The summed E-state index contributed by atoms with van der Waals surface area (Å²) in [6.45, 7) is 6.02. The van der Waals surface area contributed by atoms with E-state index in [1.54, 1.807) is 6.20 Å². The fourth-order valence-electron chi connectivity index (χ4n) is 4.52. The molecule has 3 aromatic rings. The Morgan fingerprint density at radius 1 is 1.03 bits per heavy atom. The van der Waals surface area contributed by atoms with Crippen molar-refractivity contribution in [2.75, 3.05) is 5.32 Å². The fraction of sp³-hybridized carbons (Fsp3) is 0.429. The maximum absolute atomic E-state index is 13.0. The van der Waals surface area contributed by atoms with E-state index in [9.17, 15) is 9.59 Å². The highest BCUT2D eigenvalue weighted by Gasteiger charge is 2.30. The van der Waals surface area contributed by atoms with Crippen LogP contribution in [0, 0.1) is 5.92 Å². The zero-order valence-corrected chi connectivity index (χ0v) is 20.6. The van der Waals surface area contributed by atoms with E-state index in [1.807, 2.05) is 32.9 Å². The number of carbonyl (C=O) groups is 2. The van der Waals surface area contributed by atoms with Gasteiger partial charge in [0.2, 0.25) is 5.91 Å². The van der Waals surface area contributed by atoms with Crippen molar-refractivity contribution in [3.05, 3.63) is 65.5 Å². The maximum Gasteiger partial charge on any atom is 0.273 e. The van der Waals surface area contributed by atoms with E-state index in [-0.39, 0.29) is 29.2 Å².